The molecule has 6 nitrogen and oxygen atoms in total. The maximum Gasteiger partial charge on any atom is 0.277 e. The average molecular weight is 365 g/mol. The molecule has 0 aliphatic carbocycles. The Morgan fingerprint density at radius 1 is 1.15 bits per heavy atom. The summed E-state index contributed by atoms with van der Waals surface area (Å²) in [5, 5.41) is 2.86. The van der Waals surface area contributed by atoms with E-state index >= 15 is 0 Å². The van der Waals surface area contributed by atoms with Crippen molar-refractivity contribution in [2.75, 3.05) is 19.8 Å². The second-order valence-electron chi connectivity index (χ2n) is 6.20. The molecule has 1 heterocycles. The summed E-state index contributed by atoms with van der Waals surface area (Å²) in [6, 6.07) is 14.5. The summed E-state index contributed by atoms with van der Waals surface area (Å²) in [6.45, 7) is 3.82. The van der Waals surface area contributed by atoms with Crippen LogP contribution in [-0.2, 0) is 11.8 Å². The highest BCUT2D eigenvalue weighted by Crippen LogP contribution is 2.18. The first-order valence-corrected chi connectivity index (χ1v) is 9.04. The molecule has 27 heavy (non-hydrogen) atoms. The van der Waals surface area contributed by atoms with Gasteiger partial charge in [-0.2, -0.15) is 0 Å². The van der Waals surface area contributed by atoms with Gasteiger partial charge in [0, 0.05) is 37.9 Å². The van der Waals surface area contributed by atoms with Gasteiger partial charge in [0.05, 0.1) is 11.0 Å². The van der Waals surface area contributed by atoms with E-state index < -0.39 is 0 Å². The van der Waals surface area contributed by atoms with Gasteiger partial charge in [-0.3, -0.25) is 9.59 Å². The first kappa shape index (κ1) is 18.8. The number of fused-ring (bicyclic) bond motifs is 1. The van der Waals surface area contributed by atoms with Gasteiger partial charge in [-0.25, -0.2) is 4.98 Å². The third-order valence-electron chi connectivity index (χ3n) is 4.36. The van der Waals surface area contributed by atoms with Crippen LogP contribution in [-0.4, -0.2) is 35.2 Å². The van der Waals surface area contributed by atoms with Crippen LogP contribution >= 0.6 is 0 Å². The Kier molecular flexibility index (Phi) is 5.98. The van der Waals surface area contributed by atoms with Gasteiger partial charge >= 0.3 is 0 Å². The summed E-state index contributed by atoms with van der Waals surface area (Å²) < 4.78 is 6.84. The summed E-state index contributed by atoms with van der Waals surface area (Å²) in [4.78, 5) is 29.3. The molecule has 0 atom stereocenters. The molecule has 6 heteroatoms. The lowest BCUT2D eigenvalue weighted by Crippen LogP contribution is -2.25. The third-order valence-corrected chi connectivity index (χ3v) is 4.36. The highest BCUT2D eigenvalue weighted by Gasteiger charge is 2.11. The van der Waals surface area contributed by atoms with Gasteiger partial charge in [0.25, 0.3) is 11.5 Å². The van der Waals surface area contributed by atoms with E-state index in [2.05, 4.69) is 10.3 Å². The predicted octanol–water partition coefficient (Wildman–Crippen LogP) is 2.76. The van der Waals surface area contributed by atoms with Crippen molar-refractivity contribution in [1.29, 1.82) is 0 Å². The molecule has 0 spiro atoms. The standard InChI is InChI=1S/C21H23N3O3/c1-3-27-14-6-13-22-20(25)16-11-9-15(10-12-16)19-21(26)24(2)18-8-5-4-7-17(18)23-19/h4-5,7-12H,3,6,13-14H2,1-2H3,(H,22,25). The van der Waals surface area contributed by atoms with E-state index in [0.29, 0.717) is 36.6 Å². The lowest BCUT2D eigenvalue weighted by molar-refractivity contribution is 0.0944. The lowest BCUT2D eigenvalue weighted by Gasteiger charge is -2.09. The third kappa shape index (κ3) is 4.23. The van der Waals surface area contributed by atoms with Gasteiger partial charge in [-0.05, 0) is 37.6 Å². The maximum absolute atomic E-state index is 12.6. The molecule has 3 rings (SSSR count). The largest absolute Gasteiger partial charge is 0.382 e. The molecule has 140 valence electrons. The number of carbonyl (C=O) groups is 1. The molecule has 0 bridgehead atoms. The van der Waals surface area contributed by atoms with Crippen LogP contribution in [0.2, 0.25) is 0 Å². The summed E-state index contributed by atoms with van der Waals surface area (Å²) in [6.07, 6.45) is 0.773. The molecule has 1 aromatic heterocycles. The molecule has 0 saturated heterocycles. The zero-order valence-electron chi connectivity index (χ0n) is 15.6. The number of hydrogen-bond donors (Lipinski definition) is 1. The highest BCUT2D eigenvalue weighted by atomic mass is 16.5. The predicted molar refractivity (Wildman–Crippen MR) is 106 cm³/mol. The fourth-order valence-electron chi connectivity index (χ4n) is 2.87. The van der Waals surface area contributed by atoms with Gasteiger partial charge in [0.1, 0.15) is 5.69 Å². The summed E-state index contributed by atoms with van der Waals surface area (Å²) in [7, 11) is 1.74. The van der Waals surface area contributed by atoms with E-state index in [4.69, 9.17) is 4.74 Å². The number of carbonyl (C=O) groups excluding carboxylic acids is 1. The van der Waals surface area contributed by atoms with Crippen molar-refractivity contribution in [3.05, 3.63) is 64.4 Å². The summed E-state index contributed by atoms with van der Waals surface area (Å²) >= 11 is 0. The zero-order valence-corrected chi connectivity index (χ0v) is 15.6. The van der Waals surface area contributed by atoms with Crippen molar-refractivity contribution >= 4 is 16.9 Å². The second kappa shape index (κ2) is 8.60. The van der Waals surface area contributed by atoms with Crippen molar-refractivity contribution in [1.82, 2.24) is 14.9 Å². The number of para-hydroxylation sites is 2. The van der Waals surface area contributed by atoms with Crippen LogP contribution in [0.1, 0.15) is 23.7 Å². The number of nitrogens with one attached hydrogen (secondary N) is 1. The van der Waals surface area contributed by atoms with Crippen LogP contribution in [0.5, 0.6) is 0 Å². The number of ether oxygens (including phenoxy) is 1. The minimum absolute atomic E-state index is 0.141. The minimum Gasteiger partial charge on any atom is -0.382 e. The SMILES string of the molecule is CCOCCCNC(=O)c1ccc(-c2nc3ccccc3n(C)c2=O)cc1. The minimum atomic E-state index is -0.165. The van der Waals surface area contributed by atoms with Crippen LogP contribution in [0, 0.1) is 0 Å². The van der Waals surface area contributed by atoms with E-state index in [1.807, 2.05) is 31.2 Å². The summed E-state index contributed by atoms with van der Waals surface area (Å²) in [5.41, 5.74) is 2.99. The smallest absolute Gasteiger partial charge is 0.277 e. The molecule has 0 saturated carbocycles. The quantitative estimate of drug-likeness (QED) is 0.654. The second-order valence-corrected chi connectivity index (χ2v) is 6.20. The summed E-state index contributed by atoms with van der Waals surface area (Å²) in [5.74, 6) is -0.141. The molecule has 0 fully saturated rings. The Morgan fingerprint density at radius 2 is 1.89 bits per heavy atom. The van der Waals surface area contributed by atoms with Gasteiger partial charge in [-0.15, -0.1) is 0 Å². The molecule has 0 aliphatic heterocycles. The van der Waals surface area contributed by atoms with Crippen molar-refractivity contribution in [3.63, 3.8) is 0 Å². The molecule has 3 aromatic rings. The van der Waals surface area contributed by atoms with Crippen molar-refractivity contribution in [2.45, 2.75) is 13.3 Å². The Balaban J connectivity index is 1.78. The molecule has 0 aliphatic rings. The van der Waals surface area contributed by atoms with Gasteiger partial charge in [0.2, 0.25) is 0 Å². The normalized spacial score (nSPS) is 10.9. The molecular formula is C21H23N3O3. The van der Waals surface area contributed by atoms with Crippen molar-refractivity contribution < 1.29 is 9.53 Å². The zero-order chi connectivity index (χ0) is 19.2. The Bertz CT molecular complexity index is 994. The molecule has 1 N–H and O–H groups in total. The fourth-order valence-corrected chi connectivity index (χ4v) is 2.87. The lowest BCUT2D eigenvalue weighted by atomic mass is 10.1. The monoisotopic (exact) mass is 365 g/mol. The van der Waals surface area contributed by atoms with Crippen molar-refractivity contribution in [2.24, 2.45) is 7.05 Å². The number of nitrogens with zero attached hydrogens (tertiary/aromatic N) is 2. The molecule has 0 unspecified atom stereocenters. The molecule has 0 radical (unpaired) electrons. The molecular weight excluding hydrogens is 342 g/mol. The number of hydrogen-bond acceptors (Lipinski definition) is 4. The van der Waals surface area contributed by atoms with Crippen LogP contribution in [0.3, 0.4) is 0 Å². The van der Waals surface area contributed by atoms with Gasteiger partial charge in [-0.1, -0.05) is 24.3 Å². The highest BCUT2D eigenvalue weighted by molar-refractivity contribution is 5.94. The first-order chi connectivity index (χ1) is 13.1. The van der Waals surface area contributed by atoms with Gasteiger partial charge < -0.3 is 14.6 Å². The topological polar surface area (TPSA) is 73.2 Å². The number of benzene rings is 2. The van der Waals surface area contributed by atoms with E-state index in [1.165, 1.54) is 0 Å². The maximum atomic E-state index is 12.6. The van der Waals surface area contributed by atoms with E-state index in [-0.39, 0.29) is 11.5 Å². The number of amides is 1. The van der Waals surface area contributed by atoms with Crippen LogP contribution < -0.4 is 10.9 Å². The number of aromatic nitrogens is 2. The van der Waals surface area contributed by atoms with Crippen LogP contribution in [0.4, 0.5) is 0 Å². The van der Waals surface area contributed by atoms with Gasteiger partial charge in [0.15, 0.2) is 0 Å². The Labute approximate surface area is 157 Å². The van der Waals surface area contributed by atoms with E-state index in [9.17, 15) is 9.59 Å². The van der Waals surface area contributed by atoms with Crippen molar-refractivity contribution in [3.8, 4) is 11.3 Å². The molecule has 2 aromatic carbocycles. The Morgan fingerprint density at radius 3 is 2.63 bits per heavy atom. The first-order valence-electron chi connectivity index (χ1n) is 9.04. The van der Waals surface area contributed by atoms with Crippen LogP contribution in [0.15, 0.2) is 53.3 Å². The van der Waals surface area contributed by atoms with Crippen LogP contribution in [0.25, 0.3) is 22.3 Å². The number of aryl methyl sites for hydroxylation is 1. The van der Waals surface area contributed by atoms with E-state index in [1.54, 1.807) is 35.9 Å². The Hall–Kier alpha value is -2.99. The average Bonchev–Trinajstić information content (AvgIpc) is 2.70. The number of rotatable bonds is 7. The van der Waals surface area contributed by atoms with E-state index in [0.717, 1.165) is 17.5 Å². The fraction of sp³-hybridized carbons (Fsp3) is 0.286. The molecule has 1 amide bonds.